The number of methoxy groups -OCH3 is 2. The first kappa shape index (κ1) is 21.1. The van der Waals surface area contributed by atoms with E-state index in [0.717, 1.165) is 16.9 Å². The van der Waals surface area contributed by atoms with Crippen LogP contribution in [-0.2, 0) is 4.79 Å². The average Bonchev–Trinajstić information content (AvgIpc) is 3.13. The van der Waals surface area contributed by atoms with Gasteiger partial charge in [-0.05, 0) is 42.2 Å². The summed E-state index contributed by atoms with van der Waals surface area (Å²) in [6.07, 6.45) is 1.12. The molecule has 2 N–H and O–H groups in total. The molecule has 0 radical (unpaired) electrons. The Kier molecular flexibility index (Phi) is 4.92. The Labute approximate surface area is 192 Å². The molecule has 0 saturated carbocycles. The number of nitrogens with zero attached hydrogens (tertiary/aromatic N) is 1. The number of carbonyl (C=O) groups is 1. The topological polar surface area (TPSA) is 85.3 Å². The number of H-pyrrole nitrogens is 1. The van der Waals surface area contributed by atoms with Crippen molar-refractivity contribution in [2.45, 2.75) is 32.6 Å². The van der Waals surface area contributed by atoms with Crippen molar-refractivity contribution >= 4 is 11.6 Å². The molecular formula is C26H27N3O4. The highest BCUT2D eigenvalue weighted by Crippen LogP contribution is 2.49. The largest absolute Gasteiger partial charge is 0.497 e. The molecule has 2 aliphatic rings. The zero-order chi connectivity index (χ0) is 23.3. The minimum Gasteiger partial charge on any atom is -0.497 e. The maximum absolute atomic E-state index is 13.7. The van der Waals surface area contributed by atoms with E-state index in [-0.39, 0.29) is 16.8 Å². The van der Waals surface area contributed by atoms with Gasteiger partial charge in [0, 0.05) is 23.3 Å². The van der Waals surface area contributed by atoms with E-state index in [0.29, 0.717) is 41.3 Å². The number of ketones is 1. The molecule has 2 aromatic carbocycles. The summed E-state index contributed by atoms with van der Waals surface area (Å²) in [6.45, 7) is 4.18. The number of fused-ring (bicyclic) bond motifs is 1. The Morgan fingerprint density at radius 1 is 1.00 bits per heavy atom. The number of rotatable bonds is 4. The molecular weight excluding hydrogens is 418 g/mol. The third kappa shape index (κ3) is 3.44. The molecule has 7 nitrogen and oxygen atoms in total. The molecule has 33 heavy (non-hydrogen) atoms. The van der Waals surface area contributed by atoms with Gasteiger partial charge >= 0.3 is 0 Å². The zero-order valence-electron chi connectivity index (χ0n) is 19.2. The molecule has 3 aromatic rings. The van der Waals surface area contributed by atoms with E-state index in [1.165, 1.54) is 4.68 Å². The predicted octanol–water partition coefficient (Wildman–Crippen LogP) is 4.38. The van der Waals surface area contributed by atoms with Crippen molar-refractivity contribution in [3.8, 4) is 17.2 Å². The van der Waals surface area contributed by atoms with Crippen LogP contribution in [0.25, 0.3) is 5.69 Å². The second-order valence-corrected chi connectivity index (χ2v) is 9.38. The van der Waals surface area contributed by atoms with Gasteiger partial charge in [0.15, 0.2) is 5.78 Å². The molecule has 0 bridgehead atoms. The zero-order valence-corrected chi connectivity index (χ0v) is 19.2. The Morgan fingerprint density at radius 3 is 2.45 bits per heavy atom. The summed E-state index contributed by atoms with van der Waals surface area (Å²) < 4.78 is 12.7. The molecule has 7 heteroatoms. The summed E-state index contributed by atoms with van der Waals surface area (Å²) >= 11 is 0. The standard InChI is InChI=1S/C26H27N3O4/c1-26(2)13-18-22(19(30)14-26)21(17-12-16(32-3)10-11-20(17)33-4)23-24(27-18)28-29(25(23)31)15-8-6-5-7-9-15/h5-12,21,27-28H,13-14H2,1-4H3. The minimum absolute atomic E-state index is 0.0427. The summed E-state index contributed by atoms with van der Waals surface area (Å²) in [4.78, 5) is 27.2. The predicted molar refractivity (Wildman–Crippen MR) is 126 cm³/mol. The summed E-state index contributed by atoms with van der Waals surface area (Å²) in [5.74, 6) is 1.31. The molecule has 0 amide bonds. The SMILES string of the molecule is COc1ccc(OC)c(C2C3=C(CC(C)(C)CC3=O)Nc3[nH]n(-c4ccccc4)c(=O)c32)c1. The van der Waals surface area contributed by atoms with Gasteiger partial charge in [-0.3, -0.25) is 14.7 Å². The summed E-state index contributed by atoms with van der Waals surface area (Å²) in [5.41, 5.74) is 3.05. The van der Waals surface area contributed by atoms with E-state index in [2.05, 4.69) is 24.3 Å². The van der Waals surface area contributed by atoms with Gasteiger partial charge in [-0.2, -0.15) is 0 Å². The van der Waals surface area contributed by atoms with Gasteiger partial charge in [0.25, 0.3) is 5.56 Å². The first-order valence-electron chi connectivity index (χ1n) is 11.0. The van der Waals surface area contributed by atoms with Gasteiger partial charge in [0.1, 0.15) is 17.3 Å². The maximum Gasteiger partial charge on any atom is 0.277 e. The molecule has 5 rings (SSSR count). The van der Waals surface area contributed by atoms with Crippen molar-refractivity contribution in [2.24, 2.45) is 5.41 Å². The number of benzene rings is 2. The number of carbonyl (C=O) groups excluding carboxylic acids is 1. The van der Waals surface area contributed by atoms with E-state index < -0.39 is 5.92 Å². The molecule has 0 saturated heterocycles. The van der Waals surface area contributed by atoms with Gasteiger partial charge in [-0.15, -0.1) is 0 Å². The van der Waals surface area contributed by atoms with Gasteiger partial charge < -0.3 is 14.8 Å². The number of hydrogen-bond donors (Lipinski definition) is 2. The van der Waals surface area contributed by atoms with Crippen molar-refractivity contribution < 1.29 is 14.3 Å². The first-order chi connectivity index (χ1) is 15.8. The third-order valence-electron chi connectivity index (χ3n) is 6.46. The Balaban J connectivity index is 1.79. The minimum atomic E-state index is -0.571. The lowest BCUT2D eigenvalue weighted by Crippen LogP contribution is -2.35. The fourth-order valence-electron chi connectivity index (χ4n) is 5.02. The normalized spacial score (nSPS) is 18.9. The molecule has 1 unspecified atom stereocenters. The summed E-state index contributed by atoms with van der Waals surface area (Å²) in [7, 11) is 3.19. The number of anilines is 1. The van der Waals surface area contributed by atoms with E-state index in [1.54, 1.807) is 14.2 Å². The lowest BCUT2D eigenvalue weighted by molar-refractivity contribution is -0.118. The highest BCUT2D eigenvalue weighted by atomic mass is 16.5. The monoisotopic (exact) mass is 445 g/mol. The fraction of sp³-hybridized carbons (Fsp3) is 0.308. The van der Waals surface area contributed by atoms with Crippen LogP contribution in [-0.4, -0.2) is 29.8 Å². The van der Waals surface area contributed by atoms with Crippen molar-refractivity contribution in [3.05, 3.63) is 81.3 Å². The van der Waals surface area contributed by atoms with Crippen molar-refractivity contribution in [3.63, 3.8) is 0 Å². The number of allylic oxidation sites excluding steroid dienone is 2. The number of hydrogen-bond acceptors (Lipinski definition) is 5. The van der Waals surface area contributed by atoms with Crippen molar-refractivity contribution in [2.75, 3.05) is 19.5 Å². The molecule has 1 aliphatic heterocycles. The molecule has 1 atom stereocenters. The number of nitrogens with one attached hydrogen (secondary N) is 2. The van der Waals surface area contributed by atoms with Crippen LogP contribution in [0.1, 0.15) is 43.7 Å². The van der Waals surface area contributed by atoms with Crippen LogP contribution in [0, 0.1) is 5.41 Å². The number of aromatic amines is 1. The maximum atomic E-state index is 13.7. The second kappa shape index (κ2) is 7.69. The molecule has 170 valence electrons. The van der Waals surface area contributed by atoms with Gasteiger partial charge in [-0.1, -0.05) is 32.0 Å². The highest BCUT2D eigenvalue weighted by molar-refractivity contribution is 6.01. The lowest BCUT2D eigenvalue weighted by Gasteiger charge is -2.38. The highest BCUT2D eigenvalue weighted by Gasteiger charge is 2.43. The van der Waals surface area contributed by atoms with Crippen molar-refractivity contribution in [1.29, 1.82) is 0 Å². The van der Waals surface area contributed by atoms with Crippen LogP contribution in [0.5, 0.6) is 11.5 Å². The van der Waals surface area contributed by atoms with E-state index in [9.17, 15) is 9.59 Å². The van der Waals surface area contributed by atoms with Crippen LogP contribution in [0.2, 0.25) is 0 Å². The van der Waals surface area contributed by atoms with Crippen molar-refractivity contribution in [1.82, 2.24) is 9.78 Å². The Bertz CT molecular complexity index is 1330. The van der Waals surface area contributed by atoms with Gasteiger partial charge in [0.2, 0.25) is 0 Å². The summed E-state index contributed by atoms with van der Waals surface area (Å²) in [6, 6.07) is 14.9. The van der Waals surface area contributed by atoms with Crippen LogP contribution in [0.4, 0.5) is 5.82 Å². The van der Waals surface area contributed by atoms with E-state index >= 15 is 0 Å². The van der Waals surface area contributed by atoms with Crippen LogP contribution in [0.15, 0.2) is 64.6 Å². The second-order valence-electron chi connectivity index (χ2n) is 9.38. The quantitative estimate of drug-likeness (QED) is 0.622. The number of ether oxygens (including phenoxy) is 2. The lowest BCUT2D eigenvalue weighted by atomic mass is 9.69. The molecule has 0 spiro atoms. The fourth-order valence-corrected chi connectivity index (χ4v) is 5.02. The number of Topliss-reactive ketones (excluding diaryl/α,β-unsaturated/α-hetero) is 1. The average molecular weight is 446 g/mol. The van der Waals surface area contributed by atoms with Gasteiger partial charge in [-0.25, -0.2) is 4.68 Å². The molecule has 1 aliphatic carbocycles. The summed E-state index contributed by atoms with van der Waals surface area (Å²) in [5, 5.41) is 6.63. The Hall–Kier alpha value is -3.74. The molecule has 1 aromatic heterocycles. The van der Waals surface area contributed by atoms with Crippen LogP contribution in [0.3, 0.4) is 0 Å². The van der Waals surface area contributed by atoms with Crippen LogP contribution < -0.4 is 20.3 Å². The Morgan fingerprint density at radius 2 is 1.76 bits per heavy atom. The van der Waals surface area contributed by atoms with Crippen LogP contribution >= 0.6 is 0 Å². The number of para-hydroxylation sites is 1. The third-order valence-corrected chi connectivity index (χ3v) is 6.46. The first-order valence-corrected chi connectivity index (χ1v) is 11.0. The van der Waals surface area contributed by atoms with E-state index in [4.69, 9.17) is 9.47 Å². The van der Waals surface area contributed by atoms with Gasteiger partial charge in [0.05, 0.1) is 31.4 Å². The molecule has 0 fully saturated rings. The number of aromatic nitrogens is 2. The van der Waals surface area contributed by atoms with E-state index in [1.807, 2.05) is 48.5 Å². The smallest absolute Gasteiger partial charge is 0.277 e. The molecule has 2 heterocycles.